The van der Waals surface area contributed by atoms with Crippen LogP contribution >= 0.6 is 0 Å². The molecule has 2 aliphatic heterocycles. The first kappa shape index (κ1) is 13.6. The van der Waals surface area contributed by atoms with Gasteiger partial charge in [0, 0.05) is 5.56 Å². The molecule has 3 aromatic rings. The van der Waals surface area contributed by atoms with E-state index in [4.69, 9.17) is 9.47 Å². The first-order valence-corrected chi connectivity index (χ1v) is 8.24. The number of rotatable bonds is 2. The van der Waals surface area contributed by atoms with Crippen LogP contribution in [0.25, 0.3) is 11.3 Å². The third kappa shape index (κ3) is 2.25. The van der Waals surface area contributed by atoms with Crippen molar-refractivity contribution in [1.29, 1.82) is 0 Å². The Labute approximate surface area is 139 Å². The molecule has 0 aliphatic carbocycles. The fourth-order valence-corrected chi connectivity index (χ4v) is 3.27. The molecule has 1 atom stereocenters. The van der Waals surface area contributed by atoms with Crippen molar-refractivity contribution in [2.45, 2.75) is 18.9 Å². The molecule has 3 heterocycles. The number of nitrogens with zero attached hydrogens (tertiary/aromatic N) is 1. The molecule has 0 saturated carbocycles. The second-order valence-corrected chi connectivity index (χ2v) is 6.14. The molecule has 0 bridgehead atoms. The lowest BCUT2D eigenvalue weighted by atomic mass is 10.1. The molecule has 5 nitrogen and oxygen atoms in total. The van der Waals surface area contributed by atoms with Crippen LogP contribution in [0.2, 0.25) is 0 Å². The number of fused-ring (bicyclic) bond motifs is 2. The summed E-state index contributed by atoms with van der Waals surface area (Å²) < 4.78 is 11.9. The quantitative estimate of drug-likeness (QED) is 0.575. The van der Waals surface area contributed by atoms with Gasteiger partial charge in [0.05, 0.1) is 17.9 Å². The van der Waals surface area contributed by atoms with Crippen LogP contribution in [0.5, 0.6) is 23.0 Å². The number of nitrogens with one attached hydrogen (secondary N) is 2. The molecule has 1 aromatic heterocycles. The first-order valence-electron chi connectivity index (χ1n) is 8.24. The number of benzene rings is 2. The number of ether oxygens (including phenoxy) is 2. The highest BCUT2D eigenvalue weighted by atomic mass is 16.6. The molecule has 1 fully saturated rings. The topological polar surface area (TPSA) is 59.2 Å². The molecule has 0 unspecified atom stereocenters. The Balaban J connectivity index is 1.46. The van der Waals surface area contributed by atoms with Gasteiger partial charge in [0.1, 0.15) is 5.82 Å². The van der Waals surface area contributed by atoms with E-state index in [1.54, 1.807) is 0 Å². The van der Waals surface area contributed by atoms with Crippen LogP contribution in [0, 0.1) is 0 Å². The molecule has 0 radical (unpaired) electrons. The van der Waals surface area contributed by atoms with Crippen molar-refractivity contribution in [3.63, 3.8) is 0 Å². The Morgan fingerprint density at radius 2 is 1.75 bits per heavy atom. The number of aromatic amines is 1. The third-order valence-corrected chi connectivity index (χ3v) is 4.53. The van der Waals surface area contributed by atoms with Crippen LogP contribution in [0.1, 0.15) is 24.7 Å². The summed E-state index contributed by atoms with van der Waals surface area (Å²) in [6.45, 7) is 1.06. The Hall–Kier alpha value is -2.79. The van der Waals surface area contributed by atoms with Crippen molar-refractivity contribution in [2.24, 2.45) is 0 Å². The summed E-state index contributed by atoms with van der Waals surface area (Å²) in [5, 5.41) is 3.46. The highest BCUT2D eigenvalue weighted by Gasteiger charge is 2.21. The Kier molecular flexibility index (Phi) is 3.06. The van der Waals surface area contributed by atoms with Gasteiger partial charge in [-0.2, -0.15) is 0 Å². The van der Waals surface area contributed by atoms with Crippen molar-refractivity contribution in [1.82, 2.24) is 15.3 Å². The van der Waals surface area contributed by atoms with Crippen LogP contribution in [0.3, 0.4) is 0 Å². The lowest BCUT2D eigenvalue weighted by Crippen LogP contribution is -2.14. The van der Waals surface area contributed by atoms with Crippen LogP contribution < -0.4 is 14.8 Å². The molecule has 24 heavy (non-hydrogen) atoms. The van der Waals surface area contributed by atoms with E-state index in [-0.39, 0.29) is 0 Å². The van der Waals surface area contributed by atoms with Gasteiger partial charge in [0.25, 0.3) is 0 Å². The summed E-state index contributed by atoms with van der Waals surface area (Å²) in [7, 11) is 0. The minimum atomic E-state index is 0.336. The van der Waals surface area contributed by atoms with Gasteiger partial charge < -0.3 is 19.8 Å². The Bertz CT molecular complexity index is 897. The summed E-state index contributed by atoms with van der Waals surface area (Å²) in [5.74, 6) is 3.94. The van der Waals surface area contributed by atoms with Crippen molar-refractivity contribution in [2.75, 3.05) is 6.54 Å². The van der Waals surface area contributed by atoms with Crippen LogP contribution in [0.4, 0.5) is 0 Å². The normalized spacial score (nSPS) is 18.4. The number of para-hydroxylation sites is 2. The Morgan fingerprint density at radius 3 is 2.54 bits per heavy atom. The van der Waals surface area contributed by atoms with Gasteiger partial charge in [-0.25, -0.2) is 4.98 Å². The second kappa shape index (κ2) is 5.39. The molecule has 2 aromatic carbocycles. The fraction of sp³-hybridized carbons (Fsp3) is 0.211. The maximum atomic E-state index is 5.97. The van der Waals surface area contributed by atoms with Crippen LogP contribution in [-0.2, 0) is 0 Å². The monoisotopic (exact) mass is 319 g/mol. The highest BCUT2D eigenvalue weighted by molar-refractivity contribution is 5.66. The number of aromatic nitrogens is 2. The van der Waals surface area contributed by atoms with Gasteiger partial charge in [-0.05, 0) is 49.7 Å². The number of imidazole rings is 1. The maximum absolute atomic E-state index is 5.97. The summed E-state index contributed by atoms with van der Waals surface area (Å²) in [6, 6.07) is 14.0. The van der Waals surface area contributed by atoms with E-state index in [0.717, 1.165) is 53.0 Å². The lowest BCUT2D eigenvalue weighted by molar-refractivity contribution is 0.360. The molecule has 0 spiro atoms. The minimum absolute atomic E-state index is 0.336. The number of hydrogen-bond donors (Lipinski definition) is 2. The fourth-order valence-electron chi connectivity index (χ4n) is 3.27. The molecular formula is C19H17N3O2. The SMILES string of the molecule is c1ccc2c(c1)Oc1ccc(-c3cnc([C@@H]4CCCN4)[nH]3)cc1O2. The van der Waals surface area contributed by atoms with E-state index in [0.29, 0.717) is 6.04 Å². The molecule has 2 N–H and O–H groups in total. The van der Waals surface area contributed by atoms with Gasteiger partial charge in [-0.3, -0.25) is 0 Å². The van der Waals surface area contributed by atoms with E-state index in [2.05, 4.69) is 15.3 Å². The number of H-pyrrole nitrogens is 1. The van der Waals surface area contributed by atoms with E-state index in [9.17, 15) is 0 Å². The predicted octanol–water partition coefficient (Wildman–Crippen LogP) is 4.40. The highest BCUT2D eigenvalue weighted by Crippen LogP contribution is 2.46. The largest absolute Gasteiger partial charge is 0.450 e. The minimum Gasteiger partial charge on any atom is -0.450 e. The standard InChI is InChI=1S/C19H17N3O2/c1-2-6-16-15(5-1)23-17-8-7-12(10-18(17)24-16)14-11-21-19(22-14)13-4-3-9-20-13/h1-2,5-8,10-11,13,20H,3-4,9H2,(H,21,22)/t13-/m0/s1. The summed E-state index contributed by atoms with van der Waals surface area (Å²) >= 11 is 0. The zero-order chi connectivity index (χ0) is 15.9. The molecule has 1 saturated heterocycles. The van der Waals surface area contributed by atoms with Crippen molar-refractivity contribution in [3.8, 4) is 34.3 Å². The van der Waals surface area contributed by atoms with Crippen molar-refractivity contribution >= 4 is 0 Å². The van der Waals surface area contributed by atoms with Crippen molar-refractivity contribution in [3.05, 3.63) is 54.5 Å². The van der Waals surface area contributed by atoms with E-state index >= 15 is 0 Å². The van der Waals surface area contributed by atoms with Gasteiger partial charge in [0.15, 0.2) is 23.0 Å². The summed E-state index contributed by atoms with van der Waals surface area (Å²) in [5.41, 5.74) is 2.03. The number of hydrogen-bond acceptors (Lipinski definition) is 4. The van der Waals surface area contributed by atoms with Gasteiger partial charge in [0.2, 0.25) is 0 Å². The molecule has 5 heteroatoms. The molecular weight excluding hydrogens is 302 g/mol. The van der Waals surface area contributed by atoms with Crippen LogP contribution in [-0.4, -0.2) is 16.5 Å². The smallest absolute Gasteiger partial charge is 0.170 e. The zero-order valence-corrected chi connectivity index (χ0v) is 13.1. The molecule has 2 aliphatic rings. The Morgan fingerprint density at radius 1 is 0.958 bits per heavy atom. The lowest BCUT2D eigenvalue weighted by Gasteiger charge is -2.20. The van der Waals surface area contributed by atoms with Crippen LogP contribution in [0.15, 0.2) is 48.7 Å². The van der Waals surface area contributed by atoms with Gasteiger partial charge in [-0.1, -0.05) is 12.1 Å². The zero-order valence-electron chi connectivity index (χ0n) is 13.1. The van der Waals surface area contributed by atoms with E-state index in [1.807, 2.05) is 48.7 Å². The summed E-state index contributed by atoms with van der Waals surface area (Å²) in [4.78, 5) is 7.96. The molecule has 0 amide bonds. The van der Waals surface area contributed by atoms with Crippen molar-refractivity contribution < 1.29 is 9.47 Å². The van der Waals surface area contributed by atoms with E-state index in [1.165, 1.54) is 6.42 Å². The average molecular weight is 319 g/mol. The maximum Gasteiger partial charge on any atom is 0.170 e. The van der Waals surface area contributed by atoms with Gasteiger partial charge in [-0.15, -0.1) is 0 Å². The van der Waals surface area contributed by atoms with E-state index < -0.39 is 0 Å². The molecule has 5 rings (SSSR count). The van der Waals surface area contributed by atoms with Gasteiger partial charge >= 0.3 is 0 Å². The third-order valence-electron chi connectivity index (χ3n) is 4.53. The average Bonchev–Trinajstić information content (AvgIpc) is 3.30. The molecule has 120 valence electrons. The second-order valence-electron chi connectivity index (χ2n) is 6.14. The summed E-state index contributed by atoms with van der Waals surface area (Å²) in [6.07, 6.45) is 4.21. The predicted molar refractivity (Wildman–Crippen MR) is 90.6 cm³/mol. The first-order chi connectivity index (χ1) is 11.9.